The summed E-state index contributed by atoms with van der Waals surface area (Å²) in [7, 11) is 1.62. The van der Waals surface area contributed by atoms with Crippen LogP contribution in [0.1, 0.15) is 30.0 Å². The summed E-state index contributed by atoms with van der Waals surface area (Å²) in [6.45, 7) is 4.41. The number of benzene rings is 2. The standard InChI is InChI=1S/C22H28N2O2S/c1-4-20(22(26)23-3)24(14-19-12-8-9-17(2)13-19)21(25)16-27-15-18-10-6-5-7-11-18/h5-13,20H,4,14-16H2,1-3H3,(H,23,26)/t20-/m0/s1. The third-order valence-electron chi connectivity index (χ3n) is 4.40. The van der Waals surface area contributed by atoms with Gasteiger partial charge < -0.3 is 10.2 Å². The number of carbonyl (C=O) groups excluding carboxylic acids is 2. The van der Waals surface area contributed by atoms with Crippen LogP contribution in [-0.2, 0) is 21.9 Å². The number of hydrogen-bond acceptors (Lipinski definition) is 3. The lowest BCUT2D eigenvalue weighted by molar-refractivity contribution is -0.139. The van der Waals surface area contributed by atoms with Gasteiger partial charge in [-0.2, -0.15) is 0 Å². The molecule has 0 saturated carbocycles. The van der Waals surface area contributed by atoms with E-state index in [1.54, 1.807) is 23.7 Å². The molecule has 0 bridgehead atoms. The monoisotopic (exact) mass is 384 g/mol. The van der Waals surface area contributed by atoms with E-state index in [1.807, 2.05) is 50.2 Å². The van der Waals surface area contributed by atoms with Crippen molar-refractivity contribution in [2.45, 2.75) is 38.6 Å². The molecule has 0 unspecified atom stereocenters. The number of thioether (sulfide) groups is 1. The van der Waals surface area contributed by atoms with E-state index in [-0.39, 0.29) is 11.8 Å². The van der Waals surface area contributed by atoms with Crippen LogP contribution in [0.2, 0.25) is 0 Å². The third-order valence-corrected chi connectivity index (χ3v) is 5.39. The lowest BCUT2D eigenvalue weighted by Gasteiger charge is -2.30. The first kappa shape index (κ1) is 21.0. The van der Waals surface area contributed by atoms with E-state index < -0.39 is 6.04 Å². The Bertz CT molecular complexity index is 749. The van der Waals surface area contributed by atoms with Crippen molar-refractivity contribution in [2.24, 2.45) is 0 Å². The number of likely N-dealkylation sites (N-methyl/N-ethyl adjacent to an activating group) is 1. The van der Waals surface area contributed by atoms with Gasteiger partial charge in [-0.25, -0.2) is 0 Å². The first-order valence-electron chi connectivity index (χ1n) is 9.23. The van der Waals surface area contributed by atoms with Gasteiger partial charge in [-0.3, -0.25) is 9.59 Å². The van der Waals surface area contributed by atoms with Gasteiger partial charge in [0.05, 0.1) is 5.75 Å². The molecule has 1 N–H and O–H groups in total. The van der Waals surface area contributed by atoms with Gasteiger partial charge in [0.2, 0.25) is 11.8 Å². The van der Waals surface area contributed by atoms with E-state index in [2.05, 4.69) is 23.5 Å². The van der Waals surface area contributed by atoms with Crippen LogP contribution in [0.25, 0.3) is 0 Å². The Morgan fingerprint density at radius 1 is 1.07 bits per heavy atom. The number of nitrogens with one attached hydrogen (secondary N) is 1. The molecule has 1 atom stereocenters. The summed E-state index contributed by atoms with van der Waals surface area (Å²) in [4.78, 5) is 27.0. The fourth-order valence-electron chi connectivity index (χ4n) is 3.01. The van der Waals surface area contributed by atoms with Crippen molar-refractivity contribution in [1.29, 1.82) is 0 Å². The van der Waals surface area contributed by atoms with Gasteiger partial charge >= 0.3 is 0 Å². The number of hydrogen-bond donors (Lipinski definition) is 1. The SMILES string of the molecule is CC[C@@H](C(=O)NC)N(Cc1cccc(C)c1)C(=O)CSCc1ccccc1. The third kappa shape index (κ3) is 6.43. The molecule has 0 spiro atoms. The molecule has 0 fully saturated rings. The second kappa shape index (κ2) is 10.8. The lowest BCUT2D eigenvalue weighted by Crippen LogP contribution is -2.48. The van der Waals surface area contributed by atoms with Crippen LogP contribution < -0.4 is 5.32 Å². The minimum absolute atomic E-state index is 0.00659. The van der Waals surface area contributed by atoms with Gasteiger partial charge in [-0.05, 0) is 24.5 Å². The van der Waals surface area contributed by atoms with Crippen LogP contribution in [0.5, 0.6) is 0 Å². The van der Waals surface area contributed by atoms with E-state index >= 15 is 0 Å². The molecule has 5 heteroatoms. The van der Waals surface area contributed by atoms with Gasteiger partial charge in [0, 0.05) is 19.3 Å². The highest BCUT2D eigenvalue weighted by atomic mass is 32.2. The average molecular weight is 385 g/mol. The number of amides is 2. The number of rotatable bonds is 9. The first-order chi connectivity index (χ1) is 13.0. The van der Waals surface area contributed by atoms with E-state index in [1.165, 1.54) is 5.56 Å². The molecule has 2 aromatic carbocycles. The lowest BCUT2D eigenvalue weighted by atomic mass is 10.1. The normalized spacial score (nSPS) is 11.7. The van der Waals surface area contributed by atoms with Crippen molar-refractivity contribution in [1.82, 2.24) is 10.2 Å². The van der Waals surface area contributed by atoms with Crippen LogP contribution >= 0.6 is 11.8 Å². The number of aryl methyl sites for hydroxylation is 1. The molecular weight excluding hydrogens is 356 g/mol. The highest BCUT2D eigenvalue weighted by molar-refractivity contribution is 7.99. The number of carbonyl (C=O) groups is 2. The Morgan fingerprint density at radius 2 is 1.78 bits per heavy atom. The maximum absolute atomic E-state index is 13.0. The Hall–Kier alpha value is -2.27. The Labute approximate surface area is 166 Å². The van der Waals surface area contributed by atoms with Gasteiger partial charge in [0.15, 0.2) is 0 Å². The molecule has 144 valence electrons. The van der Waals surface area contributed by atoms with Crippen LogP contribution in [-0.4, -0.2) is 35.6 Å². The van der Waals surface area contributed by atoms with E-state index in [9.17, 15) is 9.59 Å². The summed E-state index contributed by atoms with van der Waals surface area (Å²) in [5, 5.41) is 2.69. The average Bonchev–Trinajstić information content (AvgIpc) is 2.68. The van der Waals surface area contributed by atoms with E-state index in [0.717, 1.165) is 16.9 Å². The summed E-state index contributed by atoms with van der Waals surface area (Å²) in [6.07, 6.45) is 0.584. The predicted octanol–water partition coefficient (Wildman–Crippen LogP) is 3.78. The van der Waals surface area contributed by atoms with Crippen LogP contribution in [0.4, 0.5) is 0 Å². The van der Waals surface area contributed by atoms with Crippen molar-refractivity contribution in [3.8, 4) is 0 Å². The molecular formula is C22H28N2O2S. The zero-order valence-corrected chi connectivity index (χ0v) is 17.1. The van der Waals surface area contributed by atoms with Crippen molar-refractivity contribution >= 4 is 23.6 Å². The van der Waals surface area contributed by atoms with Crippen molar-refractivity contribution in [3.05, 3.63) is 71.3 Å². The zero-order valence-electron chi connectivity index (χ0n) is 16.3. The summed E-state index contributed by atoms with van der Waals surface area (Å²) < 4.78 is 0. The Morgan fingerprint density at radius 3 is 2.41 bits per heavy atom. The molecule has 27 heavy (non-hydrogen) atoms. The quantitative estimate of drug-likeness (QED) is 0.716. The van der Waals surface area contributed by atoms with Gasteiger partial charge in [0.1, 0.15) is 6.04 Å². The van der Waals surface area contributed by atoms with Gasteiger partial charge in [0.25, 0.3) is 0 Å². The largest absolute Gasteiger partial charge is 0.357 e. The minimum atomic E-state index is -0.458. The number of nitrogens with zero attached hydrogens (tertiary/aromatic N) is 1. The van der Waals surface area contributed by atoms with Gasteiger partial charge in [-0.15, -0.1) is 11.8 Å². The van der Waals surface area contributed by atoms with Crippen molar-refractivity contribution in [3.63, 3.8) is 0 Å². The molecule has 2 rings (SSSR count). The van der Waals surface area contributed by atoms with E-state index in [4.69, 9.17) is 0 Å². The van der Waals surface area contributed by atoms with Crippen molar-refractivity contribution < 1.29 is 9.59 Å². The second-order valence-electron chi connectivity index (χ2n) is 6.53. The highest BCUT2D eigenvalue weighted by Gasteiger charge is 2.27. The topological polar surface area (TPSA) is 49.4 Å². The fraction of sp³-hybridized carbons (Fsp3) is 0.364. The minimum Gasteiger partial charge on any atom is -0.357 e. The summed E-state index contributed by atoms with van der Waals surface area (Å²) in [5.74, 6) is 1.01. The molecule has 0 saturated heterocycles. The Balaban J connectivity index is 2.09. The molecule has 0 aromatic heterocycles. The molecule has 2 amide bonds. The molecule has 0 aliphatic heterocycles. The summed E-state index contributed by atoms with van der Waals surface area (Å²) in [6, 6.07) is 17.7. The summed E-state index contributed by atoms with van der Waals surface area (Å²) in [5.41, 5.74) is 3.38. The Kier molecular flexibility index (Phi) is 8.40. The second-order valence-corrected chi connectivity index (χ2v) is 7.51. The van der Waals surface area contributed by atoms with Crippen molar-refractivity contribution in [2.75, 3.05) is 12.8 Å². The highest BCUT2D eigenvalue weighted by Crippen LogP contribution is 2.17. The maximum atomic E-state index is 13.0. The maximum Gasteiger partial charge on any atom is 0.242 e. The van der Waals surface area contributed by atoms with Crippen LogP contribution in [0.15, 0.2) is 54.6 Å². The molecule has 0 heterocycles. The first-order valence-corrected chi connectivity index (χ1v) is 10.4. The molecule has 2 aromatic rings. The van der Waals surface area contributed by atoms with Crippen LogP contribution in [0, 0.1) is 6.92 Å². The zero-order chi connectivity index (χ0) is 19.6. The molecule has 4 nitrogen and oxygen atoms in total. The molecule has 0 radical (unpaired) electrons. The van der Waals surface area contributed by atoms with Gasteiger partial charge in [-0.1, -0.05) is 67.1 Å². The fourth-order valence-corrected chi connectivity index (χ4v) is 3.88. The summed E-state index contributed by atoms with van der Waals surface area (Å²) >= 11 is 1.58. The molecule has 0 aliphatic carbocycles. The predicted molar refractivity (Wildman–Crippen MR) is 112 cm³/mol. The van der Waals surface area contributed by atoms with Crippen LogP contribution in [0.3, 0.4) is 0 Å². The molecule has 0 aliphatic rings. The van der Waals surface area contributed by atoms with E-state index in [0.29, 0.717) is 18.7 Å². The smallest absolute Gasteiger partial charge is 0.242 e.